The zero-order valence-electron chi connectivity index (χ0n) is 7.97. The lowest BCUT2D eigenvalue weighted by Crippen LogP contribution is -2.30. The Bertz CT molecular complexity index is 210. The fraction of sp³-hybridized carbons (Fsp3) is 0.636. The van der Waals surface area contributed by atoms with E-state index in [-0.39, 0.29) is 9.70 Å². The maximum Gasteiger partial charge on any atom is 0.0707 e. The second-order valence-corrected chi connectivity index (χ2v) is 5.48. The summed E-state index contributed by atoms with van der Waals surface area (Å²) in [4.78, 5) is 0. The first-order chi connectivity index (χ1) is 6.19. The van der Waals surface area contributed by atoms with Gasteiger partial charge in [-0.2, -0.15) is 0 Å². The number of allylic oxidation sites excluding steroid dienone is 4. The van der Waals surface area contributed by atoms with Crippen LogP contribution in [0.4, 0.5) is 0 Å². The first-order valence-corrected chi connectivity index (χ1v) is 6.11. The van der Waals surface area contributed by atoms with Crippen LogP contribution in [0.3, 0.4) is 0 Å². The summed E-state index contributed by atoms with van der Waals surface area (Å²) in [6, 6.07) is 0. The predicted octanol–water partition coefficient (Wildman–Crippen LogP) is 4.43. The Hall–Kier alpha value is 0.250. The minimum Gasteiger partial charge on any atom is -0.117 e. The van der Waals surface area contributed by atoms with Crippen LogP contribution < -0.4 is 0 Å². The summed E-state index contributed by atoms with van der Waals surface area (Å²) < 4.78 is -0.00151. The normalized spacial score (nSPS) is 32.4. The lowest BCUT2D eigenvalue weighted by molar-refractivity contribution is 0.590. The molecule has 74 valence electrons. The molecule has 0 aromatic carbocycles. The van der Waals surface area contributed by atoms with E-state index in [1.165, 1.54) is 19.3 Å². The average molecular weight is 264 g/mol. The van der Waals surface area contributed by atoms with Gasteiger partial charge in [-0.1, -0.05) is 66.4 Å². The molecular formula is C11H16BrCl. The second-order valence-electron chi connectivity index (χ2n) is 3.53. The third kappa shape index (κ3) is 3.14. The number of hydrogen-bond acceptors (Lipinski definition) is 0. The summed E-state index contributed by atoms with van der Waals surface area (Å²) in [6.45, 7) is 2.22. The Balaban J connectivity index is 2.45. The summed E-state index contributed by atoms with van der Waals surface area (Å²) >= 11 is 9.94. The molecule has 0 spiro atoms. The van der Waals surface area contributed by atoms with Gasteiger partial charge in [0.05, 0.1) is 9.70 Å². The molecule has 0 N–H and O–H groups in total. The molecule has 2 unspecified atom stereocenters. The average Bonchev–Trinajstić information content (AvgIpc) is 2.11. The van der Waals surface area contributed by atoms with Crippen molar-refractivity contribution in [3.8, 4) is 0 Å². The van der Waals surface area contributed by atoms with Crippen LogP contribution in [-0.4, -0.2) is 9.70 Å². The molecule has 0 aromatic rings. The molecule has 0 aliphatic heterocycles. The minimum absolute atomic E-state index is 0.00151. The highest BCUT2D eigenvalue weighted by Gasteiger charge is 2.31. The van der Waals surface area contributed by atoms with Crippen molar-refractivity contribution < 1.29 is 0 Å². The van der Waals surface area contributed by atoms with Gasteiger partial charge in [0, 0.05) is 0 Å². The highest BCUT2D eigenvalue weighted by atomic mass is 79.9. The fourth-order valence-electron chi connectivity index (χ4n) is 1.50. The molecule has 0 radical (unpaired) electrons. The van der Waals surface area contributed by atoms with Crippen molar-refractivity contribution in [2.45, 2.75) is 42.3 Å². The van der Waals surface area contributed by atoms with Gasteiger partial charge in [-0.05, 0) is 6.42 Å². The molecule has 1 rings (SSSR count). The first kappa shape index (κ1) is 11.3. The van der Waals surface area contributed by atoms with E-state index in [2.05, 4.69) is 35.0 Å². The maximum atomic E-state index is 6.22. The van der Waals surface area contributed by atoms with Crippen molar-refractivity contribution in [1.29, 1.82) is 0 Å². The number of rotatable bonds is 4. The fourth-order valence-corrected chi connectivity index (χ4v) is 2.35. The molecule has 0 heterocycles. The van der Waals surface area contributed by atoms with E-state index in [4.69, 9.17) is 11.6 Å². The topological polar surface area (TPSA) is 0 Å². The van der Waals surface area contributed by atoms with Crippen molar-refractivity contribution in [3.05, 3.63) is 24.3 Å². The van der Waals surface area contributed by atoms with Crippen LogP contribution in [0.25, 0.3) is 0 Å². The van der Waals surface area contributed by atoms with Crippen LogP contribution in [0.1, 0.15) is 32.6 Å². The highest BCUT2D eigenvalue weighted by molar-refractivity contribution is 9.10. The van der Waals surface area contributed by atoms with Gasteiger partial charge >= 0.3 is 0 Å². The summed E-state index contributed by atoms with van der Waals surface area (Å²) in [6.07, 6.45) is 13.2. The number of halogens is 2. The van der Waals surface area contributed by atoms with Crippen molar-refractivity contribution in [1.82, 2.24) is 0 Å². The number of unbranched alkanes of at least 4 members (excludes halogenated alkanes) is 2. The Labute approximate surface area is 94.2 Å². The Morgan fingerprint density at radius 2 is 2.15 bits per heavy atom. The minimum atomic E-state index is -0.00151. The van der Waals surface area contributed by atoms with Crippen LogP contribution in [0.2, 0.25) is 0 Å². The van der Waals surface area contributed by atoms with E-state index in [1.54, 1.807) is 0 Å². The van der Waals surface area contributed by atoms with Crippen molar-refractivity contribution in [3.63, 3.8) is 0 Å². The Morgan fingerprint density at radius 3 is 2.77 bits per heavy atom. The molecule has 0 saturated carbocycles. The van der Waals surface area contributed by atoms with Gasteiger partial charge in [-0.3, -0.25) is 0 Å². The van der Waals surface area contributed by atoms with Gasteiger partial charge in [0.2, 0.25) is 0 Å². The van der Waals surface area contributed by atoms with E-state index in [1.807, 2.05) is 12.2 Å². The molecule has 0 nitrogen and oxygen atoms in total. The number of hydrogen-bond donors (Lipinski definition) is 0. The molecule has 2 atom stereocenters. The summed E-state index contributed by atoms with van der Waals surface area (Å²) in [5.74, 6) is 0. The second kappa shape index (κ2) is 5.21. The molecule has 0 bridgehead atoms. The van der Waals surface area contributed by atoms with Gasteiger partial charge in [0.25, 0.3) is 0 Å². The summed E-state index contributed by atoms with van der Waals surface area (Å²) in [5, 5.41) is 0.0920. The van der Waals surface area contributed by atoms with Crippen LogP contribution in [0.5, 0.6) is 0 Å². The standard InChI is InChI=1S/C11H16BrCl/c1-2-3-5-8-11(12)9-6-4-7-10(11)13/h4,6-7,9-10H,2-3,5,8H2,1H3. The Morgan fingerprint density at radius 1 is 1.38 bits per heavy atom. The molecular weight excluding hydrogens is 247 g/mol. The molecule has 13 heavy (non-hydrogen) atoms. The largest absolute Gasteiger partial charge is 0.117 e. The molecule has 0 aromatic heterocycles. The van der Waals surface area contributed by atoms with Gasteiger partial charge in [0.15, 0.2) is 0 Å². The van der Waals surface area contributed by atoms with Gasteiger partial charge in [-0.25, -0.2) is 0 Å². The quantitative estimate of drug-likeness (QED) is 0.520. The van der Waals surface area contributed by atoms with Crippen molar-refractivity contribution >= 4 is 27.5 Å². The molecule has 0 amide bonds. The smallest absolute Gasteiger partial charge is 0.0707 e. The van der Waals surface area contributed by atoms with Crippen LogP contribution in [0.15, 0.2) is 24.3 Å². The summed E-state index contributed by atoms with van der Waals surface area (Å²) in [5.41, 5.74) is 0. The van der Waals surface area contributed by atoms with E-state index in [0.717, 1.165) is 6.42 Å². The molecule has 2 heteroatoms. The SMILES string of the molecule is CCCCCC1(Br)C=CC=CC1Cl. The van der Waals surface area contributed by atoms with Crippen LogP contribution in [0, 0.1) is 0 Å². The highest BCUT2D eigenvalue weighted by Crippen LogP contribution is 2.36. The summed E-state index contributed by atoms with van der Waals surface area (Å²) in [7, 11) is 0. The third-order valence-electron chi connectivity index (χ3n) is 2.39. The lowest BCUT2D eigenvalue weighted by Gasteiger charge is -2.29. The zero-order chi connectivity index (χ0) is 9.73. The van der Waals surface area contributed by atoms with Crippen LogP contribution in [-0.2, 0) is 0 Å². The van der Waals surface area contributed by atoms with Gasteiger partial charge < -0.3 is 0 Å². The molecule has 0 fully saturated rings. The predicted molar refractivity (Wildman–Crippen MR) is 63.7 cm³/mol. The molecule has 0 saturated heterocycles. The lowest BCUT2D eigenvalue weighted by atomic mass is 9.94. The third-order valence-corrected chi connectivity index (χ3v) is 4.34. The zero-order valence-corrected chi connectivity index (χ0v) is 10.3. The Kier molecular flexibility index (Phi) is 4.54. The molecule has 1 aliphatic rings. The van der Waals surface area contributed by atoms with Crippen molar-refractivity contribution in [2.24, 2.45) is 0 Å². The van der Waals surface area contributed by atoms with Gasteiger partial charge in [-0.15, -0.1) is 11.6 Å². The van der Waals surface area contributed by atoms with E-state index in [9.17, 15) is 0 Å². The van der Waals surface area contributed by atoms with E-state index in [0.29, 0.717) is 0 Å². The number of alkyl halides is 2. The molecule has 1 aliphatic carbocycles. The maximum absolute atomic E-state index is 6.22. The van der Waals surface area contributed by atoms with E-state index >= 15 is 0 Å². The van der Waals surface area contributed by atoms with Crippen LogP contribution >= 0.6 is 27.5 Å². The van der Waals surface area contributed by atoms with Gasteiger partial charge in [0.1, 0.15) is 0 Å². The van der Waals surface area contributed by atoms with E-state index < -0.39 is 0 Å². The monoisotopic (exact) mass is 262 g/mol. The van der Waals surface area contributed by atoms with Crippen molar-refractivity contribution in [2.75, 3.05) is 0 Å². The first-order valence-electron chi connectivity index (χ1n) is 4.88.